The molecule has 0 spiro atoms. The van der Waals surface area contributed by atoms with Gasteiger partial charge in [0.2, 0.25) is 12.2 Å². The number of rotatable bonds is 7. The van der Waals surface area contributed by atoms with E-state index in [1.165, 1.54) is 6.08 Å². The minimum atomic E-state index is -0.352. The summed E-state index contributed by atoms with van der Waals surface area (Å²) in [6.07, 6.45) is 5.93. The Labute approximate surface area is 90.5 Å². The normalized spacial score (nSPS) is 12.5. The molecule has 0 saturated carbocycles. The molecule has 0 heterocycles. The van der Waals surface area contributed by atoms with Crippen molar-refractivity contribution in [2.24, 2.45) is 15.9 Å². The summed E-state index contributed by atoms with van der Waals surface area (Å²) in [4.78, 5) is 27.2. The molecule has 0 amide bonds. The maximum Gasteiger partial charge on any atom is 0.235 e. The molecule has 0 aliphatic rings. The average molecular weight is 210 g/mol. The summed E-state index contributed by atoms with van der Waals surface area (Å²) in [5, 5.41) is 0. The van der Waals surface area contributed by atoms with Gasteiger partial charge in [-0.05, 0) is 32.6 Å². The Morgan fingerprint density at radius 2 is 1.87 bits per heavy atom. The molecule has 0 unspecified atom stereocenters. The van der Waals surface area contributed by atoms with Gasteiger partial charge in [-0.25, -0.2) is 14.6 Å². The van der Waals surface area contributed by atoms with Gasteiger partial charge in [0.15, 0.2) is 0 Å². The Morgan fingerprint density at radius 1 is 1.20 bits per heavy atom. The van der Waals surface area contributed by atoms with Crippen LogP contribution >= 0.6 is 0 Å². The third-order valence-corrected chi connectivity index (χ3v) is 2.76. The highest BCUT2D eigenvalue weighted by atomic mass is 16.1. The summed E-state index contributed by atoms with van der Waals surface area (Å²) in [5.41, 5.74) is -0.352. The SMILES string of the molecule is C[C@H](CCCCN=C=O)C(C)(C)N=C=O. The minimum Gasteiger partial charge on any atom is -0.211 e. The van der Waals surface area contributed by atoms with Crippen molar-refractivity contribution in [3.8, 4) is 0 Å². The summed E-state index contributed by atoms with van der Waals surface area (Å²) in [5.74, 6) is 0.319. The van der Waals surface area contributed by atoms with E-state index in [-0.39, 0.29) is 5.54 Å². The molecule has 0 aromatic heterocycles. The van der Waals surface area contributed by atoms with Crippen molar-refractivity contribution in [1.29, 1.82) is 0 Å². The van der Waals surface area contributed by atoms with Gasteiger partial charge in [-0.2, -0.15) is 4.99 Å². The summed E-state index contributed by atoms with van der Waals surface area (Å²) in [6.45, 7) is 6.44. The lowest BCUT2D eigenvalue weighted by atomic mass is 9.86. The van der Waals surface area contributed by atoms with Crippen LogP contribution in [0.15, 0.2) is 9.98 Å². The van der Waals surface area contributed by atoms with Gasteiger partial charge < -0.3 is 0 Å². The van der Waals surface area contributed by atoms with Crippen molar-refractivity contribution in [2.75, 3.05) is 6.54 Å². The van der Waals surface area contributed by atoms with Crippen LogP contribution in [-0.2, 0) is 9.59 Å². The third-order valence-electron chi connectivity index (χ3n) is 2.76. The number of unbranched alkanes of at least 4 members (excludes halogenated alkanes) is 1. The summed E-state index contributed by atoms with van der Waals surface area (Å²) < 4.78 is 0. The molecule has 4 heteroatoms. The van der Waals surface area contributed by atoms with Crippen LogP contribution < -0.4 is 0 Å². The zero-order chi connectivity index (χ0) is 11.7. The summed E-state index contributed by atoms with van der Waals surface area (Å²) in [7, 11) is 0. The van der Waals surface area contributed by atoms with E-state index in [0.717, 1.165) is 19.3 Å². The van der Waals surface area contributed by atoms with E-state index in [1.54, 1.807) is 6.08 Å². The first-order chi connectivity index (χ1) is 7.04. The van der Waals surface area contributed by atoms with E-state index in [4.69, 9.17) is 0 Å². The van der Waals surface area contributed by atoms with E-state index in [9.17, 15) is 9.59 Å². The molecule has 0 aliphatic heterocycles. The second kappa shape index (κ2) is 7.10. The molecule has 0 fully saturated rings. The Hall–Kier alpha value is -1.24. The maximum atomic E-state index is 10.2. The van der Waals surface area contributed by atoms with Crippen molar-refractivity contribution < 1.29 is 9.59 Å². The monoisotopic (exact) mass is 210 g/mol. The predicted octanol–water partition coefficient (Wildman–Crippen LogP) is 2.24. The number of hydrogen-bond acceptors (Lipinski definition) is 4. The van der Waals surface area contributed by atoms with Gasteiger partial charge in [-0.1, -0.05) is 13.3 Å². The molecule has 0 aliphatic carbocycles. The highest BCUT2D eigenvalue weighted by Crippen LogP contribution is 2.25. The van der Waals surface area contributed by atoms with Crippen LogP contribution in [0.5, 0.6) is 0 Å². The molecular formula is C11H18N2O2. The Bertz CT molecular complexity index is 274. The van der Waals surface area contributed by atoms with Crippen molar-refractivity contribution in [2.45, 2.75) is 45.6 Å². The largest absolute Gasteiger partial charge is 0.235 e. The fourth-order valence-electron chi connectivity index (χ4n) is 1.27. The topological polar surface area (TPSA) is 58.9 Å². The lowest BCUT2D eigenvalue weighted by molar-refractivity contribution is 0.320. The van der Waals surface area contributed by atoms with E-state index in [1.807, 2.05) is 13.8 Å². The zero-order valence-electron chi connectivity index (χ0n) is 9.62. The number of carbonyl (C=O) groups excluding carboxylic acids is 2. The Kier molecular flexibility index (Phi) is 6.52. The fraction of sp³-hybridized carbons (Fsp3) is 0.818. The van der Waals surface area contributed by atoms with Crippen LogP contribution in [-0.4, -0.2) is 24.2 Å². The van der Waals surface area contributed by atoms with Crippen LogP contribution in [0.4, 0.5) is 0 Å². The average Bonchev–Trinajstić information content (AvgIpc) is 2.17. The van der Waals surface area contributed by atoms with Crippen LogP contribution in [0.25, 0.3) is 0 Å². The molecule has 4 nitrogen and oxygen atoms in total. The number of hydrogen-bond donors (Lipinski definition) is 0. The van der Waals surface area contributed by atoms with E-state index < -0.39 is 0 Å². The van der Waals surface area contributed by atoms with Crippen molar-refractivity contribution >= 4 is 12.2 Å². The molecule has 84 valence electrons. The minimum absolute atomic E-state index is 0.319. The van der Waals surface area contributed by atoms with Crippen molar-refractivity contribution in [3.05, 3.63) is 0 Å². The van der Waals surface area contributed by atoms with Crippen molar-refractivity contribution in [1.82, 2.24) is 0 Å². The lowest BCUT2D eigenvalue weighted by Crippen LogP contribution is -2.26. The van der Waals surface area contributed by atoms with E-state index in [2.05, 4.69) is 16.9 Å². The molecule has 1 atom stereocenters. The Balaban J connectivity index is 3.87. The van der Waals surface area contributed by atoms with Crippen LogP contribution in [0.3, 0.4) is 0 Å². The number of isocyanates is 2. The van der Waals surface area contributed by atoms with Gasteiger partial charge in [0.25, 0.3) is 0 Å². The molecule has 0 saturated heterocycles. The summed E-state index contributed by atoms with van der Waals surface area (Å²) in [6, 6.07) is 0. The van der Waals surface area contributed by atoms with Gasteiger partial charge in [0, 0.05) is 0 Å². The highest BCUT2D eigenvalue weighted by Gasteiger charge is 2.24. The first kappa shape index (κ1) is 13.8. The summed E-state index contributed by atoms with van der Waals surface area (Å²) >= 11 is 0. The molecule has 0 aromatic rings. The molecule has 0 radical (unpaired) electrons. The smallest absolute Gasteiger partial charge is 0.211 e. The fourth-order valence-corrected chi connectivity index (χ4v) is 1.27. The van der Waals surface area contributed by atoms with E-state index >= 15 is 0 Å². The van der Waals surface area contributed by atoms with Gasteiger partial charge in [-0.3, -0.25) is 0 Å². The van der Waals surface area contributed by atoms with Gasteiger partial charge in [0.1, 0.15) is 0 Å². The first-order valence-electron chi connectivity index (χ1n) is 5.17. The first-order valence-corrected chi connectivity index (χ1v) is 5.17. The van der Waals surface area contributed by atoms with Gasteiger partial charge in [-0.15, -0.1) is 0 Å². The number of nitrogens with zero attached hydrogens (tertiary/aromatic N) is 2. The van der Waals surface area contributed by atoms with Gasteiger partial charge >= 0.3 is 0 Å². The number of aliphatic imine (C=N–C) groups is 2. The van der Waals surface area contributed by atoms with Crippen LogP contribution in [0, 0.1) is 5.92 Å². The second-order valence-electron chi connectivity index (χ2n) is 4.23. The van der Waals surface area contributed by atoms with E-state index in [0.29, 0.717) is 12.5 Å². The van der Waals surface area contributed by atoms with Crippen molar-refractivity contribution in [3.63, 3.8) is 0 Å². The molecule has 0 N–H and O–H groups in total. The quantitative estimate of drug-likeness (QED) is 0.367. The molecule has 0 bridgehead atoms. The zero-order valence-corrected chi connectivity index (χ0v) is 9.62. The van der Waals surface area contributed by atoms with Crippen LogP contribution in [0.1, 0.15) is 40.0 Å². The second-order valence-corrected chi connectivity index (χ2v) is 4.23. The molecule has 15 heavy (non-hydrogen) atoms. The van der Waals surface area contributed by atoms with Crippen LogP contribution in [0.2, 0.25) is 0 Å². The molecule has 0 rings (SSSR count). The molecular weight excluding hydrogens is 192 g/mol. The van der Waals surface area contributed by atoms with Gasteiger partial charge in [0.05, 0.1) is 12.1 Å². The highest BCUT2D eigenvalue weighted by molar-refractivity contribution is 5.34. The third kappa shape index (κ3) is 5.95. The maximum absolute atomic E-state index is 10.2. The molecule has 0 aromatic carbocycles. The predicted molar refractivity (Wildman–Crippen MR) is 58.2 cm³/mol. The lowest BCUT2D eigenvalue weighted by Gasteiger charge is -2.25. The standard InChI is InChI=1S/C11H18N2O2/c1-10(11(2,3)13-9-15)6-4-5-7-12-8-14/h10H,4-7H2,1-3H3/t10-/m1/s1. The Morgan fingerprint density at radius 3 is 2.40 bits per heavy atom.